The van der Waals surface area contributed by atoms with Gasteiger partial charge in [-0.25, -0.2) is 0 Å². The molecule has 0 heterocycles. The summed E-state index contributed by atoms with van der Waals surface area (Å²) < 4.78 is 10.5. The molecule has 0 aliphatic carbocycles. The zero-order valence-corrected chi connectivity index (χ0v) is 12.3. The number of carbonyl (C=O) groups excluding carboxylic acids is 1. The molecule has 0 bridgehead atoms. The van der Waals surface area contributed by atoms with Gasteiger partial charge in [0.05, 0.1) is 20.3 Å². The summed E-state index contributed by atoms with van der Waals surface area (Å²) in [5.74, 6) is 0.215. The third-order valence-electron chi connectivity index (χ3n) is 2.72. The van der Waals surface area contributed by atoms with Crippen LogP contribution in [-0.4, -0.2) is 58.3 Å². The molecule has 0 aliphatic heterocycles. The van der Waals surface area contributed by atoms with Crippen molar-refractivity contribution in [3.05, 3.63) is 23.8 Å². The second-order valence-electron chi connectivity index (χ2n) is 4.60. The molecule has 1 aromatic rings. The highest BCUT2D eigenvalue weighted by atomic mass is 16.5. The monoisotopic (exact) mass is 281 g/mol. The van der Waals surface area contributed by atoms with Gasteiger partial charge in [-0.15, -0.1) is 0 Å². The quantitative estimate of drug-likeness (QED) is 0.538. The van der Waals surface area contributed by atoms with Crippen LogP contribution < -0.4 is 15.8 Å². The van der Waals surface area contributed by atoms with Gasteiger partial charge in [0, 0.05) is 18.8 Å². The number of likely N-dealkylation sites (N-methyl/N-ethyl adjacent to an activating group) is 1. The van der Waals surface area contributed by atoms with Crippen LogP contribution in [0.15, 0.2) is 18.2 Å². The molecule has 3 N–H and O–H groups in total. The Hall–Kier alpha value is -1.79. The van der Waals surface area contributed by atoms with Crippen LogP contribution in [0.2, 0.25) is 0 Å². The minimum atomic E-state index is -0.254. The molecule has 6 heteroatoms. The maximum Gasteiger partial charge on any atom is 0.257 e. The lowest BCUT2D eigenvalue weighted by molar-refractivity contribution is 0.0898. The molecule has 0 fully saturated rings. The predicted octanol–water partition coefficient (Wildman–Crippen LogP) is 0.585. The SMILES string of the molecule is COc1cccc(N)c1C(=O)NCCOCCN(C)C. The molecular formula is C14H23N3O3. The Morgan fingerprint density at radius 3 is 2.75 bits per heavy atom. The second kappa shape index (κ2) is 8.39. The Morgan fingerprint density at radius 2 is 2.10 bits per heavy atom. The third-order valence-corrected chi connectivity index (χ3v) is 2.72. The molecule has 6 nitrogen and oxygen atoms in total. The number of methoxy groups -OCH3 is 1. The van der Waals surface area contributed by atoms with E-state index in [1.54, 1.807) is 18.2 Å². The zero-order valence-electron chi connectivity index (χ0n) is 12.3. The molecule has 0 atom stereocenters. The lowest BCUT2D eigenvalue weighted by Gasteiger charge is -2.12. The smallest absolute Gasteiger partial charge is 0.257 e. The number of anilines is 1. The summed E-state index contributed by atoms with van der Waals surface area (Å²) in [7, 11) is 5.47. The van der Waals surface area contributed by atoms with Gasteiger partial charge in [-0.3, -0.25) is 4.79 Å². The Morgan fingerprint density at radius 1 is 1.35 bits per heavy atom. The molecule has 0 aliphatic rings. The Bertz CT molecular complexity index is 436. The van der Waals surface area contributed by atoms with Crippen molar-refractivity contribution in [2.45, 2.75) is 0 Å². The van der Waals surface area contributed by atoms with Crippen molar-refractivity contribution in [1.82, 2.24) is 10.2 Å². The van der Waals surface area contributed by atoms with Crippen molar-refractivity contribution >= 4 is 11.6 Å². The van der Waals surface area contributed by atoms with E-state index in [2.05, 4.69) is 5.32 Å². The molecule has 20 heavy (non-hydrogen) atoms. The highest BCUT2D eigenvalue weighted by Gasteiger charge is 2.14. The van der Waals surface area contributed by atoms with Crippen molar-refractivity contribution in [3.8, 4) is 5.75 Å². The van der Waals surface area contributed by atoms with Crippen molar-refractivity contribution in [3.63, 3.8) is 0 Å². The number of nitrogen functional groups attached to an aromatic ring is 1. The van der Waals surface area contributed by atoms with Gasteiger partial charge in [-0.1, -0.05) is 6.07 Å². The van der Waals surface area contributed by atoms with E-state index in [1.807, 2.05) is 19.0 Å². The molecule has 1 rings (SSSR count). The fraction of sp³-hybridized carbons (Fsp3) is 0.500. The predicted molar refractivity (Wildman–Crippen MR) is 79.1 cm³/mol. The highest BCUT2D eigenvalue weighted by Crippen LogP contribution is 2.23. The minimum absolute atomic E-state index is 0.254. The van der Waals surface area contributed by atoms with E-state index < -0.39 is 0 Å². The van der Waals surface area contributed by atoms with Gasteiger partial charge in [-0.05, 0) is 26.2 Å². The Labute approximate surface area is 119 Å². The minimum Gasteiger partial charge on any atom is -0.496 e. The molecule has 0 radical (unpaired) electrons. The first-order valence-corrected chi connectivity index (χ1v) is 6.49. The van der Waals surface area contributed by atoms with Gasteiger partial charge in [-0.2, -0.15) is 0 Å². The number of rotatable bonds is 8. The number of ether oxygens (including phenoxy) is 2. The van der Waals surface area contributed by atoms with Crippen LogP contribution in [-0.2, 0) is 4.74 Å². The molecule has 0 saturated heterocycles. The van der Waals surface area contributed by atoms with Crippen LogP contribution in [0.25, 0.3) is 0 Å². The van der Waals surface area contributed by atoms with E-state index in [0.29, 0.717) is 36.8 Å². The lowest BCUT2D eigenvalue weighted by Crippen LogP contribution is -2.29. The number of amides is 1. The number of nitrogens with one attached hydrogen (secondary N) is 1. The average molecular weight is 281 g/mol. The average Bonchev–Trinajstić information content (AvgIpc) is 2.41. The summed E-state index contributed by atoms with van der Waals surface area (Å²) in [5.41, 5.74) is 6.57. The van der Waals surface area contributed by atoms with E-state index in [9.17, 15) is 4.79 Å². The Balaban J connectivity index is 2.40. The topological polar surface area (TPSA) is 76.8 Å². The van der Waals surface area contributed by atoms with Gasteiger partial charge in [0.1, 0.15) is 11.3 Å². The normalized spacial score (nSPS) is 10.6. The zero-order chi connectivity index (χ0) is 15.0. The summed E-state index contributed by atoms with van der Waals surface area (Å²) >= 11 is 0. The van der Waals surface area contributed by atoms with Crippen LogP contribution in [0, 0.1) is 0 Å². The van der Waals surface area contributed by atoms with Crippen molar-refractivity contribution in [1.29, 1.82) is 0 Å². The van der Waals surface area contributed by atoms with Crippen molar-refractivity contribution in [2.75, 3.05) is 53.2 Å². The first-order valence-electron chi connectivity index (χ1n) is 6.49. The number of benzene rings is 1. The largest absolute Gasteiger partial charge is 0.496 e. The van der Waals surface area contributed by atoms with Crippen LogP contribution in [0.1, 0.15) is 10.4 Å². The van der Waals surface area contributed by atoms with Gasteiger partial charge in [0.15, 0.2) is 0 Å². The van der Waals surface area contributed by atoms with Gasteiger partial charge in [0.25, 0.3) is 5.91 Å². The van der Waals surface area contributed by atoms with Crippen molar-refractivity contribution < 1.29 is 14.3 Å². The molecule has 1 amide bonds. The molecule has 112 valence electrons. The van der Waals surface area contributed by atoms with Gasteiger partial charge >= 0.3 is 0 Å². The maximum absolute atomic E-state index is 12.1. The first-order chi connectivity index (χ1) is 9.56. The van der Waals surface area contributed by atoms with E-state index in [1.165, 1.54) is 7.11 Å². The van der Waals surface area contributed by atoms with E-state index in [0.717, 1.165) is 6.54 Å². The number of carbonyl (C=O) groups is 1. The summed E-state index contributed by atoms with van der Waals surface area (Å²) in [6.45, 7) is 2.39. The van der Waals surface area contributed by atoms with Crippen molar-refractivity contribution in [2.24, 2.45) is 0 Å². The molecule has 0 spiro atoms. The van der Waals surface area contributed by atoms with E-state index in [-0.39, 0.29) is 5.91 Å². The third kappa shape index (κ3) is 5.07. The van der Waals surface area contributed by atoms with Crippen LogP contribution in [0.5, 0.6) is 5.75 Å². The van der Waals surface area contributed by atoms with Gasteiger partial charge in [0.2, 0.25) is 0 Å². The summed E-state index contributed by atoms with van der Waals surface area (Å²) in [5, 5.41) is 2.77. The molecule has 0 unspecified atom stereocenters. The number of nitrogens with zero attached hydrogens (tertiary/aromatic N) is 1. The Kier molecular flexibility index (Phi) is 6.83. The summed E-state index contributed by atoms with van der Waals surface area (Å²) in [6.07, 6.45) is 0. The second-order valence-corrected chi connectivity index (χ2v) is 4.60. The molecular weight excluding hydrogens is 258 g/mol. The van der Waals surface area contributed by atoms with Crippen LogP contribution in [0.4, 0.5) is 5.69 Å². The number of hydrogen-bond donors (Lipinski definition) is 2. The summed E-state index contributed by atoms with van der Waals surface area (Å²) in [6, 6.07) is 5.12. The van der Waals surface area contributed by atoms with Crippen LogP contribution >= 0.6 is 0 Å². The van der Waals surface area contributed by atoms with E-state index in [4.69, 9.17) is 15.2 Å². The number of hydrogen-bond acceptors (Lipinski definition) is 5. The highest BCUT2D eigenvalue weighted by molar-refractivity contribution is 6.01. The van der Waals surface area contributed by atoms with Crippen LogP contribution in [0.3, 0.4) is 0 Å². The lowest BCUT2D eigenvalue weighted by atomic mass is 10.1. The first kappa shape index (κ1) is 16.3. The molecule has 0 saturated carbocycles. The van der Waals surface area contributed by atoms with E-state index >= 15 is 0 Å². The molecule has 0 aromatic heterocycles. The number of nitrogens with two attached hydrogens (primary N) is 1. The standard InChI is InChI=1S/C14H23N3O3/c1-17(2)8-10-20-9-7-16-14(18)13-11(15)5-4-6-12(13)19-3/h4-6H,7-10,15H2,1-3H3,(H,16,18). The molecule has 1 aromatic carbocycles. The fourth-order valence-electron chi connectivity index (χ4n) is 1.64. The fourth-order valence-corrected chi connectivity index (χ4v) is 1.64. The maximum atomic E-state index is 12.1. The summed E-state index contributed by atoms with van der Waals surface area (Å²) in [4.78, 5) is 14.1. The van der Waals surface area contributed by atoms with Gasteiger partial charge < -0.3 is 25.4 Å².